The molecule has 1 saturated heterocycles. The second kappa shape index (κ2) is 9.92. The van der Waals surface area contributed by atoms with Crippen LogP contribution in [0.25, 0.3) is 11.8 Å². The van der Waals surface area contributed by atoms with E-state index in [1.54, 1.807) is 10.8 Å². The summed E-state index contributed by atoms with van der Waals surface area (Å²) in [6, 6.07) is 13.3. The summed E-state index contributed by atoms with van der Waals surface area (Å²) in [7, 11) is 0. The monoisotopic (exact) mass is 462 g/mol. The van der Waals surface area contributed by atoms with Crippen LogP contribution in [0.1, 0.15) is 18.3 Å². The van der Waals surface area contributed by atoms with Gasteiger partial charge in [-0.1, -0.05) is 6.07 Å². The van der Waals surface area contributed by atoms with Gasteiger partial charge in [-0.15, -0.1) is 5.10 Å². The first-order chi connectivity index (χ1) is 16.7. The molecule has 10 heteroatoms. The summed E-state index contributed by atoms with van der Waals surface area (Å²) in [5, 5.41) is 12.2. The number of tetrazole rings is 1. The Morgan fingerprint density at radius 3 is 2.65 bits per heavy atom. The third-order valence-corrected chi connectivity index (χ3v) is 5.79. The molecule has 2 aromatic carbocycles. The van der Waals surface area contributed by atoms with E-state index in [1.165, 1.54) is 0 Å². The molecular formula is C24H26N6O4. The van der Waals surface area contributed by atoms with Crippen molar-refractivity contribution in [1.82, 2.24) is 30.0 Å². The second-order valence-electron chi connectivity index (χ2n) is 7.98. The highest BCUT2D eigenvalue weighted by Crippen LogP contribution is 2.32. The van der Waals surface area contributed by atoms with E-state index >= 15 is 0 Å². The number of piperazine rings is 1. The average molecular weight is 463 g/mol. The van der Waals surface area contributed by atoms with E-state index < -0.39 is 0 Å². The van der Waals surface area contributed by atoms with Gasteiger partial charge in [-0.3, -0.25) is 9.69 Å². The molecule has 0 atom stereocenters. The molecule has 0 aliphatic carbocycles. The fraction of sp³-hybridized carbons (Fsp3) is 0.333. The minimum absolute atomic E-state index is 0.00321. The lowest BCUT2D eigenvalue weighted by molar-refractivity contribution is -0.127. The largest absolute Gasteiger partial charge is 0.494 e. The van der Waals surface area contributed by atoms with Crippen LogP contribution in [-0.4, -0.2) is 75.5 Å². The van der Waals surface area contributed by atoms with Crippen molar-refractivity contribution < 1.29 is 19.0 Å². The molecule has 2 aliphatic rings. The predicted octanol–water partition coefficient (Wildman–Crippen LogP) is 2.15. The summed E-state index contributed by atoms with van der Waals surface area (Å²) in [5.74, 6) is 3.00. The molecular weight excluding hydrogens is 436 g/mol. The van der Waals surface area contributed by atoms with E-state index in [9.17, 15) is 4.79 Å². The van der Waals surface area contributed by atoms with Crippen molar-refractivity contribution in [1.29, 1.82) is 0 Å². The van der Waals surface area contributed by atoms with Crippen molar-refractivity contribution in [3.8, 4) is 22.9 Å². The van der Waals surface area contributed by atoms with Crippen molar-refractivity contribution in [3.05, 3.63) is 59.9 Å². The number of rotatable bonds is 7. The molecule has 0 unspecified atom stereocenters. The highest BCUT2D eigenvalue weighted by Gasteiger charge is 2.22. The number of carbonyl (C=O) groups is 1. The SMILES string of the molecule is CCOc1ccc(-n2nnnc2CN2CCN(C(=O)/C=C\c3ccc4c(c3)OCO4)CC2)cc1. The van der Waals surface area contributed by atoms with E-state index in [-0.39, 0.29) is 12.7 Å². The number of hydrogen-bond acceptors (Lipinski definition) is 8. The summed E-state index contributed by atoms with van der Waals surface area (Å²) < 4.78 is 18.0. The molecule has 0 bridgehead atoms. The van der Waals surface area contributed by atoms with Gasteiger partial charge < -0.3 is 19.1 Å². The molecule has 3 heterocycles. The van der Waals surface area contributed by atoms with Crippen molar-refractivity contribution >= 4 is 12.0 Å². The zero-order valence-electron chi connectivity index (χ0n) is 19.0. The Hall–Kier alpha value is -3.92. The van der Waals surface area contributed by atoms with Gasteiger partial charge in [-0.05, 0) is 65.4 Å². The van der Waals surface area contributed by atoms with E-state index in [2.05, 4.69) is 20.4 Å². The van der Waals surface area contributed by atoms with Gasteiger partial charge in [0.15, 0.2) is 17.3 Å². The third-order valence-electron chi connectivity index (χ3n) is 5.79. The first-order valence-electron chi connectivity index (χ1n) is 11.3. The summed E-state index contributed by atoms with van der Waals surface area (Å²) in [6.45, 7) is 6.21. The van der Waals surface area contributed by atoms with Crippen molar-refractivity contribution in [2.45, 2.75) is 13.5 Å². The molecule has 10 nitrogen and oxygen atoms in total. The fourth-order valence-corrected chi connectivity index (χ4v) is 3.97. The van der Waals surface area contributed by atoms with E-state index in [4.69, 9.17) is 14.2 Å². The Morgan fingerprint density at radius 2 is 1.85 bits per heavy atom. The van der Waals surface area contributed by atoms with E-state index in [1.807, 2.05) is 60.4 Å². The van der Waals surface area contributed by atoms with Crippen LogP contribution < -0.4 is 14.2 Å². The van der Waals surface area contributed by atoms with Crippen molar-refractivity contribution in [2.24, 2.45) is 0 Å². The maximum Gasteiger partial charge on any atom is 0.246 e. The summed E-state index contributed by atoms with van der Waals surface area (Å²) in [4.78, 5) is 16.8. The van der Waals surface area contributed by atoms with Gasteiger partial charge in [-0.2, -0.15) is 4.68 Å². The van der Waals surface area contributed by atoms with Gasteiger partial charge in [0.2, 0.25) is 12.7 Å². The Bertz CT molecular complexity index is 1170. The van der Waals surface area contributed by atoms with Crippen LogP contribution in [0.4, 0.5) is 0 Å². The van der Waals surface area contributed by atoms with Gasteiger partial charge >= 0.3 is 0 Å². The van der Waals surface area contributed by atoms with Gasteiger partial charge in [0.05, 0.1) is 18.8 Å². The average Bonchev–Trinajstić information content (AvgIpc) is 3.53. The van der Waals surface area contributed by atoms with Gasteiger partial charge in [0, 0.05) is 32.3 Å². The van der Waals surface area contributed by atoms with Gasteiger partial charge in [0.25, 0.3) is 0 Å². The van der Waals surface area contributed by atoms with E-state index in [0.717, 1.165) is 41.7 Å². The second-order valence-corrected chi connectivity index (χ2v) is 7.98. The molecule has 5 rings (SSSR count). The Morgan fingerprint density at radius 1 is 1.06 bits per heavy atom. The minimum atomic E-state index is -0.00321. The lowest BCUT2D eigenvalue weighted by Gasteiger charge is -2.33. The number of fused-ring (bicyclic) bond motifs is 1. The van der Waals surface area contributed by atoms with Crippen molar-refractivity contribution in [2.75, 3.05) is 39.6 Å². The Balaban J connectivity index is 1.15. The molecule has 1 aromatic heterocycles. The molecule has 1 amide bonds. The predicted molar refractivity (Wildman–Crippen MR) is 124 cm³/mol. The van der Waals surface area contributed by atoms with Crippen molar-refractivity contribution in [3.63, 3.8) is 0 Å². The minimum Gasteiger partial charge on any atom is -0.494 e. The molecule has 1 fully saturated rings. The van der Waals surface area contributed by atoms with E-state index in [0.29, 0.717) is 32.0 Å². The number of carbonyl (C=O) groups excluding carboxylic acids is 1. The maximum atomic E-state index is 12.7. The number of ether oxygens (including phenoxy) is 3. The van der Waals surface area contributed by atoms with Crippen LogP contribution >= 0.6 is 0 Å². The molecule has 176 valence electrons. The Labute approximate surface area is 197 Å². The normalized spacial score (nSPS) is 15.7. The summed E-state index contributed by atoms with van der Waals surface area (Å²) >= 11 is 0. The van der Waals surface area contributed by atoms with Crippen LogP contribution in [0.5, 0.6) is 17.2 Å². The molecule has 0 N–H and O–H groups in total. The lowest BCUT2D eigenvalue weighted by atomic mass is 10.2. The number of hydrogen-bond donors (Lipinski definition) is 0. The standard InChI is InChI=1S/C24H26N6O4/c1-2-32-20-7-5-19(6-8-20)30-23(25-26-27-30)16-28-11-13-29(14-12-28)24(31)10-4-18-3-9-21-22(15-18)34-17-33-21/h3-10,15H,2,11-14,16-17H2,1H3/b10-4-. The summed E-state index contributed by atoms with van der Waals surface area (Å²) in [6.07, 6.45) is 3.42. The number of aromatic nitrogens is 4. The highest BCUT2D eigenvalue weighted by atomic mass is 16.7. The van der Waals surface area contributed by atoms with Crippen LogP contribution in [-0.2, 0) is 11.3 Å². The number of amides is 1. The smallest absolute Gasteiger partial charge is 0.246 e. The molecule has 34 heavy (non-hydrogen) atoms. The van der Waals surface area contributed by atoms with Crippen LogP contribution in [0, 0.1) is 0 Å². The quantitative estimate of drug-likeness (QED) is 0.493. The topological polar surface area (TPSA) is 94.8 Å². The van der Waals surface area contributed by atoms with Gasteiger partial charge in [0.1, 0.15) is 5.75 Å². The molecule has 0 saturated carbocycles. The van der Waals surface area contributed by atoms with Crippen LogP contribution in [0.2, 0.25) is 0 Å². The van der Waals surface area contributed by atoms with Gasteiger partial charge in [-0.25, -0.2) is 0 Å². The van der Waals surface area contributed by atoms with Crippen LogP contribution in [0.3, 0.4) is 0 Å². The molecule has 2 aliphatic heterocycles. The fourth-order valence-electron chi connectivity index (χ4n) is 3.97. The summed E-state index contributed by atoms with van der Waals surface area (Å²) in [5.41, 5.74) is 1.78. The zero-order chi connectivity index (χ0) is 23.3. The Kier molecular flexibility index (Phi) is 6.39. The van der Waals surface area contributed by atoms with Crippen LogP contribution in [0.15, 0.2) is 48.5 Å². The molecule has 3 aromatic rings. The highest BCUT2D eigenvalue weighted by molar-refractivity contribution is 5.92. The first kappa shape index (κ1) is 21.9. The number of nitrogens with zero attached hydrogens (tertiary/aromatic N) is 6. The maximum absolute atomic E-state index is 12.7. The number of benzene rings is 2. The first-order valence-corrected chi connectivity index (χ1v) is 11.3. The third kappa shape index (κ3) is 4.86. The molecule has 0 spiro atoms. The zero-order valence-corrected chi connectivity index (χ0v) is 19.0. The lowest BCUT2D eigenvalue weighted by Crippen LogP contribution is -2.48. The molecule has 0 radical (unpaired) electrons.